The van der Waals surface area contributed by atoms with Gasteiger partial charge in [-0.05, 0) is 140 Å². The number of aliphatic imine (C=N–C) groups is 1. The fraction of sp³-hybridized carbons (Fsp3) is 0.667. The molecule has 0 bridgehead atoms. The topological polar surface area (TPSA) is 241 Å². The maximum Gasteiger partial charge on any atom is 0.257 e. The summed E-state index contributed by atoms with van der Waals surface area (Å²) in [6.07, 6.45) is 12.3. The second-order valence-electron chi connectivity index (χ2n) is 19.2. The fourth-order valence-electron chi connectivity index (χ4n) is 9.47. The minimum absolute atomic E-state index is 0.0411. The lowest BCUT2D eigenvalue weighted by atomic mass is 9.90. The first-order chi connectivity index (χ1) is 33.3. The summed E-state index contributed by atoms with van der Waals surface area (Å²) in [4.78, 5) is 67.0. The molecule has 384 valence electrons. The van der Waals surface area contributed by atoms with E-state index in [9.17, 15) is 19.2 Å². The van der Waals surface area contributed by atoms with Gasteiger partial charge in [-0.3, -0.25) is 19.2 Å². The summed E-state index contributed by atoms with van der Waals surface area (Å²) in [5, 5.41) is 9.54. The summed E-state index contributed by atoms with van der Waals surface area (Å²) >= 11 is 0. The van der Waals surface area contributed by atoms with Gasteiger partial charge in [-0.15, -0.1) is 0 Å². The number of nitrogens with one attached hydrogen (secondary N) is 3. The van der Waals surface area contributed by atoms with Crippen LogP contribution in [-0.4, -0.2) is 157 Å². The number of nitrogens with two attached hydrogens (primary N) is 3. The zero-order chi connectivity index (χ0) is 49.9. The highest BCUT2D eigenvalue weighted by atomic mass is 16.5. The Morgan fingerprint density at radius 3 is 1.39 bits per heavy atom. The van der Waals surface area contributed by atoms with E-state index in [4.69, 9.17) is 41.1 Å². The van der Waals surface area contributed by atoms with E-state index in [0.29, 0.717) is 100 Å². The van der Waals surface area contributed by atoms with Crippen molar-refractivity contribution in [1.82, 2.24) is 30.7 Å². The number of amides is 4. The summed E-state index contributed by atoms with van der Waals surface area (Å²) in [5.74, 6) is 1.40. The molecule has 9 N–H and O–H groups in total. The molecule has 18 heteroatoms. The van der Waals surface area contributed by atoms with E-state index in [-0.39, 0.29) is 70.2 Å². The average molecular weight is 963 g/mol. The molecule has 2 aromatic rings. The minimum Gasteiger partial charge on any atom is -0.496 e. The largest absolute Gasteiger partial charge is 0.496 e. The van der Waals surface area contributed by atoms with E-state index >= 15 is 0 Å². The van der Waals surface area contributed by atoms with E-state index in [1.165, 1.54) is 14.2 Å². The number of likely N-dealkylation sites (tertiary alicyclic amines) is 1. The van der Waals surface area contributed by atoms with Crippen LogP contribution >= 0.6 is 0 Å². The number of benzene rings is 2. The van der Waals surface area contributed by atoms with Gasteiger partial charge in [0.2, 0.25) is 0 Å². The Balaban J connectivity index is 1.25. The molecule has 0 unspecified atom stereocenters. The lowest BCUT2D eigenvalue weighted by Gasteiger charge is -2.32. The molecule has 3 fully saturated rings. The fourth-order valence-corrected chi connectivity index (χ4v) is 9.47. The molecule has 1 aliphatic heterocycles. The number of carbonyl (C=O) groups is 4. The normalized spacial score (nSPS) is 19.5. The summed E-state index contributed by atoms with van der Waals surface area (Å²) in [5.41, 5.74) is 18.5. The third-order valence-electron chi connectivity index (χ3n) is 13.5. The number of hydrogen-bond acceptors (Lipinski definition) is 12. The first kappa shape index (κ1) is 54.6. The second kappa shape index (κ2) is 27.8. The molecule has 69 heavy (non-hydrogen) atoms. The molecule has 1 saturated heterocycles. The standard InChI is InChI=1S/C51H82N10O8/c1-59(2)51(60(3)4)58-38-19-17-37(18-20-38)56-48(63)40-29-39(43(66-5)31-44(40)67-6)47(62)55-35-13-15-36(16-14-35)57-49(64)41-30-42(50(65)61-25-21-34(33-54)22-26-61)46(69-28-12-8-10-24-53)32-45(41)68-27-11-7-9-23-52/h29-32,34-38H,7-28,33,52-54H2,1-6H3,(H,55,62)(H,56,63)(H,57,64)/t35-,36+,37-,38+. The van der Waals surface area contributed by atoms with E-state index in [1.54, 1.807) is 24.3 Å². The van der Waals surface area contributed by atoms with Crippen molar-refractivity contribution in [3.63, 3.8) is 0 Å². The van der Waals surface area contributed by atoms with Crippen LogP contribution in [0.5, 0.6) is 23.0 Å². The average Bonchev–Trinajstić information content (AvgIpc) is 3.35. The highest BCUT2D eigenvalue weighted by Crippen LogP contribution is 2.34. The highest BCUT2D eigenvalue weighted by Gasteiger charge is 2.32. The van der Waals surface area contributed by atoms with Gasteiger partial charge in [0, 0.05) is 71.5 Å². The smallest absolute Gasteiger partial charge is 0.257 e. The number of rotatable bonds is 23. The summed E-state index contributed by atoms with van der Waals surface area (Å²) in [7, 11) is 10.9. The molecule has 0 spiro atoms. The van der Waals surface area contributed by atoms with Crippen LogP contribution in [-0.2, 0) is 0 Å². The van der Waals surface area contributed by atoms with Crippen LogP contribution in [0.3, 0.4) is 0 Å². The van der Waals surface area contributed by atoms with Gasteiger partial charge in [0.1, 0.15) is 23.0 Å². The van der Waals surface area contributed by atoms with Crippen molar-refractivity contribution in [1.29, 1.82) is 0 Å². The van der Waals surface area contributed by atoms with Crippen molar-refractivity contribution in [2.75, 3.05) is 88.3 Å². The van der Waals surface area contributed by atoms with Crippen molar-refractivity contribution in [3.8, 4) is 23.0 Å². The minimum atomic E-state index is -0.369. The maximum atomic E-state index is 14.3. The summed E-state index contributed by atoms with van der Waals surface area (Å²) in [6, 6.07) is 6.21. The molecule has 4 amide bonds. The van der Waals surface area contributed by atoms with Crippen LogP contribution in [0.25, 0.3) is 0 Å². The number of piperidine rings is 1. The third kappa shape index (κ3) is 15.8. The molecule has 18 nitrogen and oxygen atoms in total. The SMILES string of the molecule is COc1cc(OC)c(C(=O)N[C@H]2CC[C@@H](NC(=O)c3cc(C(=O)N4CCC(CN)CC4)c(OCCCCCN)cc3OCCCCCN)CC2)cc1C(=O)N[C@H]1CC[C@@H](N=C(N(C)C)N(C)C)CC1. The van der Waals surface area contributed by atoms with Gasteiger partial charge in [0.15, 0.2) is 5.96 Å². The van der Waals surface area contributed by atoms with Crippen molar-refractivity contribution in [2.45, 2.75) is 127 Å². The number of guanidine groups is 1. The number of hydrogen-bond donors (Lipinski definition) is 6. The number of unbranched alkanes of at least 4 members (excludes halogenated alkanes) is 4. The molecule has 1 heterocycles. The van der Waals surface area contributed by atoms with Crippen molar-refractivity contribution < 1.29 is 38.1 Å². The molecular weight excluding hydrogens is 881 g/mol. The predicted molar refractivity (Wildman–Crippen MR) is 270 cm³/mol. The van der Waals surface area contributed by atoms with Crippen LogP contribution in [0.15, 0.2) is 29.3 Å². The van der Waals surface area contributed by atoms with Crippen LogP contribution in [0.2, 0.25) is 0 Å². The molecular formula is C51H82N10O8. The first-order valence-corrected chi connectivity index (χ1v) is 25.2. The predicted octanol–water partition coefficient (Wildman–Crippen LogP) is 4.52. The molecule has 2 saturated carbocycles. The molecule has 2 aliphatic carbocycles. The van der Waals surface area contributed by atoms with Crippen LogP contribution < -0.4 is 52.1 Å². The Morgan fingerprint density at radius 2 is 0.971 bits per heavy atom. The van der Waals surface area contributed by atoms with Crippen LogP contribution in [0.4, 0.5) is 0 Å². The van der Waals surface area contributed by atoms with Gasteiger partial charge in [0.25, 0.3) is 23.6 Å². The maximum absolute atomic E-state index is 14.3. The van der Waals surface area contributed by atoms with E-state index < -0.39 is 0 Å². The Kier molecular flexibility index (Phi) is 22.0. The zero-order valence-electron chi connectivity index (χ0n) is 42.2. The highest BCUT2D eigenvalue weighted by molar-refractivity contribution is 6.04. The summed E-state index contributed by atoms with van der Waals surface area (Å²) in [6.45, 7) is 3.69. The number of nitrogens with zero attached hydrogens (tertiary/aromatic N) is 4. The molecule has 0 aromatic heterocycles. The zero-order valence-corrected chi connectivity index (χ0v) is 42.2. The quantitative estimate of drug-likeness (QED) is 0.0511. The molecule has 0 radical (unpaired) electrons. The van der Waals surface area contributed by atoms with Gasteiger partial charge in [0.05, 0.1) is 55.7 Å². The Bertz CT molecular complexity index is 2000. The Labute approximate surface area is 410 Å². The van der Waals surface area contributed by atoms with E-state index in [2.05, 4.69) is 16.0 Å². The monoisotopic (exact) mass is 963 g/mol. The Hall–Kier alpha value is -5.33. The van der Waals surface area contributed by atoms with E-state index in [0.717, 1.165) is 83.0 Å². The van der Waals surface area contributed by atoms with Gasteiger partial charge in [-0.1, -0.05) is 0 Å². The van der Waals surface area contributed by atoms with Gasteiger partial charge >= 0.3 is 0 Å². The van der Waals surface area contributed by atoms with Crippen LogP contribution in [0.1, 0.15) is 144 Å². The van der Waals surface area contributed by atoms with Gasteiger partial charge in [-0.25, -0.2) is 4.99 Å². The number of carbonyl (C=O) groups excluding carboxylic acids is 4. The first-order valence-electron chi connectivity index (χ1n) is 25.2. The van der Waals surface area contributed by atoms with Crippen molar-refractivity contribution in [3.05, 3.63) is 46.5 Å². The van der Waals surface area contributed by atoms with Crippen molar-refractivity contribution in [2.24, 2.45) is 28.1 Å². The van der Waals surface area contributed by atoms with Crippen molar-refractivity contribution >= 4 is 29.6 Å². The lowest BCUT2D eigenvalue weighted by molar-refractivity contribution is 0.0688. The van der Waals surface area contributed by atoms with Crippen LogP contribution in [0, 0.1) is 5.92 Å². The molecule has 5 rings (SSSR count). The number of methoxy groups -OCH3 is 2. The second-order valence-corrected chi connectivity index (χ2v) is 19.2. The summed E-state index contributed by atoms with van der Waals surface area (Å²) < 4.78 is 23.8. The Morgan fingerprint density at radius 1 is 0.565 bits per heavy atom. The number of ether oxygens (including phenoxy) is 4. The van der Waals surface area contributed by atoms with E-state index in [1.807, 2.05) is 42.9 Å². The lowest BCUT2D eigenvalue weighted by Crippen LogP contribution is -2.44. The van der Waals surface area contributed by atoms with Gasteiger partial charge in [-0.2, -0.15) is 0 Å². The molecule has 0 atom stereocenters. The third-order valence-corrected chi connectivity index (χ3v) is 13.5. The molecule has 3 aliphatic rings. The molecule has 2 aromatic carbocycles. The van der Waals surface area contributed by atoms with Gasteiger partial charge < -0.3 is 66.8 Å².